The van der Waals surface area contributed by atoms with E-state index in [0.29, 0.717) is 0 Å². The van der Waals surface area contributed by atoms with Gasteiger partial charge in [-0.15, -0.1) is 24.8 Å². The summed E-state index contributed by atoms with van der Waals surface area (Å²) in [6, 6.07) is 0. The van der Waals surface area contributed by atoms with Gasteiger partial charge in [0.2, 0.25) is 0 Å². The van der Waals surface area contributed by atoms with Crippen molar-refractivity contribution >= 4 is 44.0 Å². The van der Waals surface area contributed by atoms with E-state index in [1.807, 2.05) is 6.66 Å². The van der Waals surface area contributed by atoms with Crippen molar-refractivity contribution in [1.82, 2.24) is 0 Å². The van der Waals surface area contributed by atoms with E-state index in [-0.39, 0.29) is 24.8 Å². The van der Waals surface area contributed by atoms with Crippen LogP contribution in [0.3, 0.4) is 0 Å². The number of hydrogen-bond donors (Lipinski definition) is 0. The summed E-state index contributed by atoms with van der Waals surface area (Å²) in [6.07, 6.45) is 0. The summed E-state index contributed by atoms with van der Waals surface area (Å²) in [5, 5.41) is 0. The van der Waals surface area contributed by atoms with Crippen LogP contribution < -0.4 is 0 Å². The molecule has 0 fully saturated rings. The lowest BCUT2D eigenvalue weighted by Gasteiger charge is -1.25. The second-order valence-electron chi connectivity index (χ2n) is 0.183. The van der Waals surface area contributed by atoms with Gasteiger partial charge in [0, 0.05) is 0 Å². The van der Waals surface area contributed by atoms with Gasteiger partial charge in [-0.1, -0.05) is 11.8 Å². The van der Waals surface area contributed by atoms with Gasteiger partial charge in [0.1, 0.15) is 0 Å². The van der Waals surface area contributed by atoms with Crippen LogP contribution in [0.25, 0.3) is 0 Å². The standard InChI is InChI=1S/CH3PS.2ClH/c1-2-3;;/h1H3;2*1H. The molecule has 0 atom stereocenters. The van der Waals surface area contributed by atoms with E-state index in [1.54, 1.807) is 0 Å². The Hall–Kier alpha value is 1.10. The Balaban J connectivity index is -0.0000000200. The van der Waals surface area contributed by atoms with Gasteiger partial charge in [-0.05, 0) is 14.0 Å². The van der Waals surface area contributed by atoms with Crippen molar-refractivity contribution in [3.8, 4) is 0 Å². The predicted molar refractivity (Wildman–Crippen MR) is 34.7 cm³/mol. The minimum atomic E-state index is 0. The first kappa shape index (κ1) is 16.5. The van der Waals surface area contributed by atoms with Gasteiger partial charge in [-0.25, -0.2) is 0 Å². The second-order valence-corrected chi connectivity index (χ2v) is 1.64. The Bertz CT molecular complexity index is 17.1. The van der Waals surface area contributed by atoms with E-state index in [4.69, 9.17) is 0 Å². The molecule has 0 heterocycles. The molecule has 0 aromatic heterocycles. The van der Waals surface area contributed by atoms with E-state index >= 15 is 0 Å². The van der Waals surface area contributed by atoms with Gasteiger partial charge < -0.3 is 0 Å². The molecule has 0 bridgehead atoms. The number of halogens is 2. The quantitative estimate of drug-likeness (QED) is 0.476. The van der Waals surface area contributed by atoms with Crippen LogP contribution >= 0.6 is 32.2 Å². The lowest BCUT2D eigenvalue weighted by atomic mass is 12.0. The maximum atomic E-state index is 4.37. The Kier molecular flexibility index (Phi) is 64.2. The summed E-state index contributed by atoms with van der Waals surface area (Å²) in [5.74, 6) is 0. The van der Waals surface area contributed by atoms with Crippen LogP contribution in [-0.4, -0.2) is 6.66 Å². The van der Waals surface area contributed by atoms with Gasteiger partial charge in [-0.3, -0.25) is 0 Å². The van der Waals surface area contributed by atoms with Gasteiger partial charge in [0.15, 0.2) is 0 Å². The summed E-state index contributed by atoms with van der Waals surface area (Å²) >= 11 is 4.37. The zero-order valence-corrected chi connectivity index (χ0v) is 6.02. The van der Waals surface area contributed by atoms with Crippen molar-refractivity contribution in [1.29, 1.82) is 0 Å². The molecule has 0 saturated heterocycles. The first-order valence-corrected chi connectivity index (χ1v) is 2.98. The average Bonchev–Trinajstić information content (AvgIpc) is 0.918. The highest BCUT2D eigenvalue weighted by Crippen LogP contribution is 1.69. The third-order valence-electron chi connectivity index (χ3n) is 0. The number of rotatable bonds is 0. The summed E-state index contributed by atoms with van der Waals surface area (Å²) in [6.45, 7) is 1.91. The van der Waals surface area contributed by atoms with Crippen molar-refractivity contribution in [2.75, 3.05) is 6.66 Å². The highest BCUT2D eigenvalue weighted by Gasteiger charge is 1.20. The lowest BCUT2D eigenvalue weighted by Crippen LogP contribution is -0.966. The Morgan fingerprint density at radius 1 is 1.40 bits per heavy atom. The van der Waals surface area contributed by atoms with Gasteiger partial charge in [-0.2, -0.15) is 0 Å². The molecule has 0 aliphatic rings. The summed E-state index contributed by atoms with van der Waals surface area (Å²) in [4.78, 5) is 0. The fourth-order valence-corrected chi connectivity index (χ4v) is 0. The summed E-state index contributed by atoms with van der Waals surface area (Å²) in [5.41, 5.74) is 0. The zero-order chi connectivity index (χ0) is 2.71. The van der Waals surface area contributed by atoms with Crippen LogP contribution in [0.4, 0.5) is 0 Å². The van der Waals surface area contributed by atoms with Crippen molar-refractivity contribution in [3.05, 3.63) is 0 Å². The molecule has 34 valence electrons. The molecule has 0 N–H and O–H groups in total. The third-order valence-corrected chi connectivity index (χ3v) is 0. The maximum Gasteiger partial charge on any atom is -0.0118 e. The zero-order valence-electron chi connectivity index (χ0n) is 2.67. The molecular weight excluding hydrogens is 146 g/mol. The predicted octanol–water partition coefficient (Wildman–Crippen LogP) is 1.87. The van der Waals surface area contributed by atoms with Crippen LogP contribution in [-0.2, 0) is 11.8 Å². The number of hydrogen-bond acceptors (Lipinski definition) is 1. The highest BCUT2D eigenvalue weighted by atomic mass is 35.5. The summed E-state index contributed by atoms with van der Waals surface area (Å²) < 4.78 is 0. The van der Waals surface area contributed by atoms with Crippen molar-refractivity contribution in [2.24, 2.45) is 0 Å². The molecule has 0 aliphatic carbocycles. The molecular formula is CH5Cl2PS. The molecule has 0 aromatic rings. The van der Waals surface area contributed by atoms with Crippen molar-refractivity contribution < 1.29 is 0 Å². The molecule has 0 rings (SSSR count). The minimum Gasteiger partial charge on any atom is -0.147 e. The molecule has 0 unspecified atom stereocenters. The first-order chi connectivity index (χ1) is 1.41. The van der Waals surface area contributed by atoms with Gasteiger partial charge in [0.05, 0.1) is 0 Å². The molecule has 0 radical (unpaired) electrons. The average molecular weight is 151 g/mol. The molecule has 0 aromatic carbocycles. The van der Waals surface area contributed by atoms with Crippen LogP contribution in [0.2, 0.25) is 0 Å². The van der Waals surface area contributed by atoms with Crippen LogP contribution in [0.15, 0.2) is 0 Å². The molecule has 0 saturated carbocycles. The fourth-order valence-electron chi connectivity index (χ4n) is 0. The maximum absolute atomic E-state index is 4.37. The molecule has 0 aliphatic heterocycles. The van der Waals surface area contributed by atoms with E-state index < -0.39 is 0 Å². The van der Waals surface area contributed by atoms with Crippen LogP contribution in [0.5, 0.6) is 0 Å². The largest absolute Gasteiger partial charge is 0.147 e. The smallest absolute Gasteiger partial charge is 0.0118 e. The SMILES string of the molecule is CP=S.Cl.Cl. The van der Waals surface area contributed by atoms with Gasteiger partial charge in [0.25, 0.3) is 0 Å². The molecule has 5 heavy (non-hydrogen) atoms. The Labute approximate surface area is 51.0 Å². The lowest BCUT2D eigenvalue weighted by molar-refractivity contribution is 2.52. The molecule has 4 heteroatoms. The highest BCUT2D eigenvalue weighted by molar-refractivity contribution is 7.96. The first-order valence-electron chi connectivity index (χ1n) is 0.630. The third kappa shape index (κ3) is 40.5. The van der Waals surface area contributed by atoms with E-state index in [0.717, 1.165) is 7.36 Å². The molecule has 0 nitrogen and oxygen atoms in total. The van der Waals surface area contributed by atoms with Crippen LogP contribution in [0.1, 0.15) is 0 Å². The molecule has 0 spiro atoms. The topological polar surface area (TPSA) is 0 Å². The minimum absolute atomic E-state index is 0. The molecule has 0 amide bonds. The summed E-state index contributed by atoms with van der Waals surface area (Å²) in [7, 11) is 1.00. The van der Waals surface area contributed by atoms with E-state index in [2.05, 4.69) is 11.8 Å². The van der Waals surface area contributed by atoms with Crippen molar-refractivity contribution in [2.45, 2.75) is 0 Å². The van der Waals surface area contributed by atoms with E-state index in [9.17, 15) is 0 Å². The Morgan fingerprint density at radius 3 is 1.40 bits per heavy atom. The normalized spacial score (nSPS) is 4.20. The van der Waals surface area contributed by atoms with Crippen molar-refractivity contribution in [3.63, 3.8) is 0 Å². The fraction of sp³-hybridized carbons (Fsp3) is 1.00. The Morgan fingerprint density at radius 2 is 1.40 bits per heavy atom. The monoisotopic (exact) mass is 150 g/mol. The second kappa shape index (κ2) is 19.4. The van der Waals surface area contributed by atoms with Crippen LogP contribution in [0, 0.1) is 0 Å². The van der Waals surface area contributed by atoms with E-state index in [1.165, 1.54) is 0 Å². The van der Waals surface area contributed by atoms with Gasteiger partial charge >= 0.3 is 0 Å².